The number of carbonyl (C=O) groups excluding carboxylic acids is 1. The van der Waals surface area contributed by atoms with Crippen LogP contribution in [0.5, 0.6) is 0 Å². The zero-order chi connectivity index (χ0) is 15.4. The van der Waals surface area contributed by atoms with E-state index in [0.717, 1.165) is 19.5 Å². The number of imidazole rings is 1. The fraction of sp³-hybridized carbons (Fsp3) is 0.643. The highest BCUT2D eigenvalue weighted by Crippen LogP contribution is 2.22. The Hall–Kier alpha value is -2.05. The Balaban J connectivity index is 1.75. The van der Waals surface area contributed by atoms with Crippen molar-refractivity contribution in [3.63, 3.8) is 0 Å². The molecular formula is C14H22N4O3. The Kier molecular flexibility index (Phi) is 4.82. The highest BCUT2D eigenvalue weighted by molar-refractivity contribution is 5.84. The molecule has 0 bridgehead atoms. The van der Waals surface area contributed by atoms with E-state index in [2.05, 4.69) is 24.1 Å². The molecule has 2 atom stereocenters. The minimum Gasteiger partial charge on any atom is -0.476 e. The minimum atomic E-state index is -1.05. The van der Waals surface area contributed by atoms with Gasteiger partial charge >= 0.3 is 12.0 Å². The molecule has 1 aliphatic heterocycles. The van der Waals surface area contributed by atoms with Crippen molar-refractivity contribution < 1.29 is 14.7 Å². The summed E-state index contributed by atoms with van der Waals surface area (Å²) in [5.41, 5.74) is 0.0140. The molecule has 0 radical (unpaired) electrons. The molecule has 7 heteroatoms. The van der Waals surface area contributed by atoms with Crippen molar-refractivity contribution in [2.24, 2.45) is 11.8 Å². The number of hydrogen-bond donors (Lipinski definition) is 2. The van der Waals surface area contributed by atoms with E-state index in [4.69, 9.17) is 5.11 Å². The third kappa shape index (κ3) is 3.96. The summed E-state index contributed by atoms with van der Waals surface area (Å²) in [7, 11) is 0. The molecule has 0 aromatic carbocycles. The zero-order valence-corrected chi connectivity index (χ0v) is 12.5. The van der Waals surface area contributed by atoms with Gasteiger partial charge in [0.05, 0.1) is 6.33 Å². The number of carbonyl (C=O) groups is 2. The molecule has 2 amide bonds. The lowest BCUT2D eigenvalue weighted by Gasteiger charge is -2.35. The smallest absolute Gasteiger partial charge is 0.356 e. The first-order valence-electron chi connectivity index (χ1n) is 7.25. The van der Waals surface area contributed by atoms with Crippen molar-refractivity contribution in [3.05, 3.63) is 18.2 Å². The topological polar surface area (TPSA) is 87.5 Å². The Morgan fingerprint density at radius 2 is 2.19 bits per heavy atom. The molecule has 21 heavy (non-hydrogen) atoms. The summed E-state index contributed by atoms with van der Waals surface area (Å²) in [4.78, 5) is 28.4. The zero-order valence-electron chi connectivity index (χ0n) is 12.5. The summed E-state index contributed by atoms with van der Waals surface area (Å²) < 4.78 is 1.66. The van der Waals surface area contributed by atoms with Crippen LogP contribution in [0.4, 0.5) is 4.79 Å². The molecule has 1 aliphatic rings. The number of carboxylic acid groups (broad SMARTS) is 1. The molecule has 0 spiro atoms. The Morgan fingerprint density at radius 3 is 2.81 bits per heavy atom. The van der Waals surface area contributed by atoms with Gasteiger partial charge in [0.15, 0.2) is 5.69 Å². The number of nitrogens with zero attached hydrogens (tertiary/aromatic N) is 3. The van der Waals surface area contributed by atoms with E-state index in [1.54, 1.807) is 4.57 Å². The number of urea groups is 1. The number of carboxylic acids is 1. The highest BCUT2D eigenvalue weighted by Gasteiger charge is 2.25. The summed E-state index contributed by atoms with van der Waals surface area (Å²) in [6.07, 6.45) is 3.96. The number of aromatic nitrogens is 2. The maximum Gasteiger partial charge on any atom is 0.356 e. The van der Waals surface area contributed by atoms with E-state index in [1.165, 1.54) is 12.5 Å². The molecule has 1 aromatic rings. The summed E-state index contributed by atoms with van der Waals surface area (Å²) >= 11 is 0. The van der Waals surface area contributed by atoms with Crippen LogP contribution >= 0.6 is 0 Å². The molecule has 2 heterocycles. The van der Waals surface area contributed by atoms with Crippen molar-refractivity contribution in [1.82, 2.24) is 19.8 Å². The molecule has 0 saturated carbocycles. The molecule has 7 nitrogen and oxygen atoms in total. The number of rotatable bonds is 4. The van der Waals surface area contributed by atoms with Crippen LogP contribution in [0.25, 0.3) is 0 Å². The molecule has 1 saturated heterocycles. The van der Waals surface area contributed by atoms with E-state index in [0.29, 0.717) is 24.9 Å². The van der Waals surface area contributed by atoms with Crippen LogP contribution in [0.3, 0.4) is 0 Å². The van der Waals surface area contributed by atoms with E-state index in [9.17, 15) is 9.59 Å². The molecular weight excluding hydrogens is 272 g/mol. The second-order valence-electron chi connectivity index (χ2n) is 5.72. The van der Waals surface area contributed by atoms with E-state index >= 15 is 0 Å². The maximum absolute atomic E-state index is 12.0. The number of amides is 2. The first-order chi connectivity index (χ1) is 9.97. The second kappa shape index (κ2) is 6.60. The van der Waals surface area contributed by atoms with Crippen LogP contribution in [0.2, 0.25) is 0 Å². The van der Waals surface area contributed by atoms with Crippen molar-refractivity contribution in [3.8, 4) is 0 Å². The number of nitrogens with one attached hydrogen (secondary N) is 1. The van der Waals surface area contributed by atoms with Gasteiger partial charge in [-0.2, -0.15) is 0 Å². The van der Waals surface area contributed by atoms with Crippen molar-refractivity contribution >= 4 is 12.0 Å². The van der Waals surface area contributed by atoms with E-state index in [1.807, 2.05) is 4.90 Å². The van der Waals surface area contributed by atoms with Gasteiger partial charge in [0.2, 0.25) is 0 Å². The van der Waals surface area contributed by atoms with Crippen molar-refractivity contribution in [1.29, 1.82) is 0 Å². The quantitative estimate of drug-likeness (QED) is 0.875. The first-order valence-corrected chi connectivity index (χ1v) is 7.25. The number of likely N-dealkylation sites (tertiary alicyclic amines) is 1. The molecule has 116 valence electrons. The van der Waals surface area contributed by atoms with Crippen LogP contribution in [0.15, 0.2) is 12.5 Å². The van der Waals surface area contributed by atoms with Gasteiger partial charge in [-0.25, -0.2) is 14.6 Å². The summed E-state index contributed by atoms with van der Waals surface area (Å²) in [5.74, 6) is 0.139. The Morgan fingerprint density at radius 1 is 1.43 bits per heavy atom. The predicted molar refractivity (Wildman–Crippen MR) is 77.1 cm³/mol. The monoisotopic (exact) mass is 294 g/mol. The standard InChI is InChI=1S/C14H22N4O3/c1-10-3-5-18(7-11(10)2)14(21)15-4-6-17-8-12(13(19)20)16-9-17/h8-11H,3-7H2,1-2H3,(H,15,21)(H,19,20). The number of aromatic carboxylic acids is 1. The fourth-order valence-corrected chi connectivity index (χ4v) is 2.44. The van der Waals surface area contributed by atoms with Crippen LogP contribution in [0, 0.1) is 11.8 Å². The van der Waals surface area contributed by atoms with Gasteiger partial charge in [-0.15, -0.1) is 0 Å². The van der Waals surface area contributed by atoms with Gasteiger partial charge in [0.1, 0.15) is 0 Å². The third-order valence-corrected chi connectivity index (χ3v) is 4.12. The van der Waals surface area contributed by atoms with Crippen LogP contribution in [0.1, 0.15) is 30.8 Å². The second-order valence-corrected chi connectivity index (χ2v) is 5.72. The maximum atomic E-state index is 12.0. The van der Waals surface area contributed by atoms with Crippen LogP contribution < -0.4 is 5.32 Å². The van der Waals surface area contributed by atoms with E-state index < -0.39 is 5.97 Å². The lowest BCUT2D eigenvalue weighted by Crippen LogP contribution is -2.47. The Labute approximate surface area is 124 Å². The molecule has 0 aliphatic carbocycles. The average molecular weight is 294 g/mol. The first kappa shape index (κ1) is 15.3. The number of piperidine rings is 1. The largest absolute Gasteiger partial charge is 0.476 e. The van der Waals surface area contributed by atoms with Gasteiger partial charge in [0.25, 0.3) is 0 Å². The van der Waals surface area contributed by atoms with Crippen LogP contribution in [-0.4, -0.2) is 51.2 Å². The van der Waals surface area contributed by atoms with Crippen molar-refractivity contribution in [2.45, 2.75) is 26.8 Å². The van der Waals surface area contributed by atoms with Crippen LogP contribution in [-0.2, 0) is 6.54 Å². The molecule has 2 unspecified atom stereocenters. The normalized spacial score (nSPS) is 22.1. The van der Waals surface area contributed by atoms with Gasteiger partial charge in [-0.05, 0) is 18.3 Å². The summed E-state index contributed by atoms with van der Waals surface area (Å²) in [6, 6.07) is -0.0488. The SMILES string of the molecule is CC1CCN(C(=O)NCCn2cnc(C(=O)O)c2)CC1C. The Bertz CT molecular complexity index is 514. The summed E-state index contributed by atoms with van der Waals surface area (Å²) in [6.45, 7) is 6.94. The molecule has 1 fully saturated rings. The fourth-order valence-electron chi connectivity index (χ4n) is 2.44. The minimum absolute atomic E-state index is 0.0140. The lowest BCUT2D eigenvalue weighted by atomic mass is 9.89. The van der Waals surface area contributed by atoms with Gasteiger partial charge in [-0.1, -0.05) is 13.8 Å². The van der Waals surface area contributed by atoms with Gasteiger partial charge in [-0.3, -0.25) is 0 Å². The van der Waals surface area contributed by atoms with Gasteiger partial charge < -0.3 is 19.9 Å². The molecule has 2 rings (SSSR count). The highest BCUT2D eigenvalue weighted by atomic mass is 16.4. The molecule has 1 aromatic heterocycles. The molecule has 2 N–H and O–H groups in total. The number of hydrogen-bond acceptors (Lipinski definition) is 3. The lowest BCUT2D eigenvalue weighted by molar-refractivity contribution is 0.0691. The van der Waals surface area contributed by atoms with E-state index in [-0.39, 0.29) is 11.7 Å². The van der Waals surface area contributed by atoms with Gasteiger partial charge in [0, 0.05) is 32.4 Å². The van der Waals surface area contributed by atoms with Crippen molar-refractivity contribution in [2.75, 3.05) is 19.6 Å². The third-order valence-electron chi connectivity index (χ3n) is 4.12. The predicted octanol–water partition coefficient (Wildman–Crippen LogP) is 1.27. The average Bonchev–Trinajstić information content (AvgIpc) is 2.91. The summed E-state index contributed by atoms with van der Waals surface area (Å²) in [5, 5.41) is 11.6.